The van der Waals surface area contributed by atoms with Crippen LogP contribution in [0.2, 0.25) is 0 Å². The van der Waals surface area contributed by atoms with Crippen molar-refractivity contribution in [2.75, 3.05) is 11.5 Å². The van der Waals surface area contributed by atoms with Gasteiger partial charge in [0.15, 0.2) is 0 Å². The fourth-order valence-corrected chi connectivity index (χ4v) is 1.92. The average Bonchev–Trinajstić information content (AvgIpc) is 2.54. The van der Waals surface area contributed by atoms with Crippen LogP contribution in [0.25, 0.3) is 0 Å². The fourth-order valence-electron chi connectivity index (χ4n) is 1.92. The third-order valence-corrected chi connectivity index (χ3v) is 3.06. The second-order valence-corrected chi connectivity index (χ2v) is 4.81. The fraction of sp³-hybridized carbons (Fsp3) is 0.0526. The third-order valence-electron chi connectivity index (χ3n) is 3.06. The van der Waals surface area contributed by atoms with Crippen molar-refractivity contribution < 1.29 is 9.47 Å². The van der Waals surface area contributed by atoms with E-state index < -0.39 is 0 Å². The van der Waals surface area contributed by atoms with Crippen LogP contribution in [0.15, 0.2) is 72.8 Å². The molecule has 0 heterocycles. The van der Waals surface area contributed by atoms with Crippen LogP contribution in [0.4, 0.5) is 11.4 Å². The van der Waals surface area contributed by atoms with Crippen LogP contribution < -0.4 is 20.9 Å². The van der Waals surface area contributed by atoms with Crippen LogP contribution in [0.1, 0.15) is 7.43 Å². The van der Waals surface area contributed by atoms with Gasteiger partial charge in [0.25, 0.3) is 0 Å². The van der Waals surface area contributed by atoms with Gasteiger partial charge in [0.1, 0.15) is 23.0 Å². The van der Waals surface area contributed by atoms with E-state index in [0.29, 0.717) is 11.4 Å². The van der Waals surface area contributed by atoms with Crippen LogP contribution in [0.3, 0.4) is 0 Å². The molecule has 0 aliphatic rings. The van der Waals surface area contributed by atoms with Crippen LogP contribution in [0.5, 0.6) is 23.0 Å². The molecule has 3 aromatic rings. The minimum atomic E-state index is 0. The number of ether oxygens (including phenoxy) is 2. The van der Waals surface area contributed by atoms with Gasteiger partial charge in [-0.15, -0.1) is 0 Å². The number of rotatable bonds is 4. The molecule has 0 atom stereocenters. The Morgan fingerprint density at radius 2 is 0.652 bits per heavy atom. The van der Waals surface area contributed by atoms with E-state index in [2.05, 4.69) is 0 Å². The minimum absolute atomic E-state index is 0. The van der Waals surface area contributed by atoms with E-state index in [1.54, 1.807) is 24.3 Å². The first-order valence-corrected chi connectivity index (χ1v) is 6.86. The van der Waals surface area contributed by atoms with E-state index in [1.807, 2.05) is 48.5 Å². The summed E-state index contributed by atoms with van der Waals surface area (Å²) < 4.78 is 11.5. The van der Waals surface area contributed by atoms with Gasteiger partial charge in [-0.05, 0) is 72.8 Å². The Balaban J connectivity index is 0.00000192. The highest BCUT2D eigenvalue weighted by atomic mass is 16.5. The molecular formula is C19H20N2O2. The number of nitrogen functional groups attached to an aromatic ring is 2. The zero-order valence-electron chi connectivity index (χ0n) is 11.9. The van der Waals surface area contributed by atoms with Gasteiger partial charge in [-0.1, -0.05) is 7.43 Å². The predicted molar refractivity (Wildman–Crippen MR) is 95.0 cm³/mol. The lowest BCUT2D eigenvalue weighted by atomic mass is 10.3. The molecule has 4 heteroatoms. The van der Waals surface area contributed by atoms with E-state index in [1.165, 1.54) is 0 Å². The molecule has 0 aromatic heterocycles. The Hall–Kier alpha value is -3.14. The van der Waals surface area contributed by atoms with Gasteiger partial charge in [0.05, 0.1) is 0 Å². The smallest absolute Gasteiger partial charge is 0.127 e. The molecule has 0 fully saturated rings. The van der Waals surface area contributed by atoms with E-state index in [-0.39, 0.29) is 7.43 Å². The molecule has 4 nitrogen and oxygen atoms in total. The highest BCUT2D eigenvalue weighted by Crippen LogP contribution is 2.27. The van der Waals surface area contributed by atoms with Crippen molar-refractivity contribution in [3.05, 3.63) is 72.8 Å². The number of hydrogen-bond acceptors (Lipinski definition) is 4. The van der Waals surface area contributed by atoms with Crippen molar-refractivity contribution in [3.8, 4) is 23.0 Å². The normalized spacial score (nSPS) is 9.74. The molecule has 3 rings (SSSR count). The summed E-state index contributed by atoms with van der Waals surface area (Å²) in [6, 6.07) is 21.9. The average molecular weight is 308 g/mol. The molecule has 0 saturated carbocycles. The molecule has 118 valence electrons. The summed E-state index contributed by atoms with van der Waals surface area (Å²) in [5.74, 6) is 2.94. The van der Waals surface area contributed by atoms with Gasteiger partial charge in [-0.25, -0.2) is 0 Å². The number of benzene rings is 3. The van der Waals surface area contributed by atoms with Crippen LogP contribution >= 0.6 is 0 Å². The van der Waals surface area contributed by atoms with Gasteiger partial charge < -0.3 is 20.9 Å². The van der Waals surface area contributed by atoms with Gasteiger partial charge in [0, 0.05) is 11.4 Å². The molecule has 0 amide bonds. The van der Waals surface area contributed by atoms with Crippen molar-refractivity contribution >= 4 is 11.4 Å². The molecule has 0 unspecified atom stereocenters. The molecule has 4 N–H and O–H groups in total. The summed E-state index contributed by atoms with van der Waals surface area (Å²) in [7, 11) is 0. The van der Waals surface area contributed by atoms with E-state index in [4.69, 9.17) is 20.9 Å². The zero-order valence-corrected chi connectivity index (χ0v) is 11.9. The summed E-state index contributed by atoms with van der Waals surface area (Å²) in [6.45, 7) is 0. The summed E-state index contributed by atoms with van der Waals surface area (Å²) in [5, 5.41) is 0. The molecule has 0 bridgehead atoms. The Kier molecular flexibility index (Phi) is 5.10. The van der Waals surface area contributed by atoms with Crippen molar-refractivity contribution in [2.24, 2.45) is 0 Å². The molecule has 0 aliphatic heterocycles. The van der Waals surface area contributed by atoms with E-state index >= 15 is 0 Å². The first kappa shape index (κ1) is 16.2. The summed E-state index contributed by atoms with van der Waals surface area (Å²) >= 11 is 0. The zero-order chi connectivity index (χ0) is 15.4. The molecule has 0 saturated heterocycles. The topological polar surface area (TPSA) is 70.5 Å². The Morgan fingerprint density at radius 1 is 0.435 bits per heavy atom. The number of anilines is 2. The van der Waals surface area contributed by atoms with E-state index in [9.17, 15) is 0 Å². The standard InChI is InChI=1S/C18H16N2O2.CH4/c19-13-1-5-15(6-2-13)21-17-9-11-18(12-10-17)22-16-7-3-14(20)4-8-16;/h1-12H,19-20H2;1H4. The lowest BCUT2D eigenvalue weighted by molar-refractivity contribution is 0.469. The molecule has 0 radical (unpaired) electrons. The van der Waals surface area contributed by atoms with Crippen molar-refractivity contribution in [1.29, 1.82) is 0 Å². The summed E-state index contributed by atoms with van der Waals surface area (Å²) in [6.07, 6.45) is 0. The SMILES string of the molecule is C.Nc1ccc(Oc2ccc(Oc3ccc(N)cc3)cc2)cc1. The molecule has 0 spiro atoms. The Morgan fingerprint density at radius 3 is 0.913 bits per heavy atom. The molecule has 0 aliphatic carbocycles. The Labute approximate surface area is 136 Å². The first-order valence-electron chi connectivity index (χ1n) is 6.86. The third kappa shape index (κ3) is 4.41. The molecule has 23 heavy (non-hydrogen) atoms. The maximum atomic E-state index is 5.73. The maximum Gasteiger partial charge on any atom is 0.127 e. The van der Waals surface area contributed by atoms with Gasteiger partial charge in [-0.3, -0.25) is 0 Å². The number of hydrogen-bond donors (Lipinski definition) is 2. The lowest BCUT2D eigenvalue weighted by Crippen LogP contribution is -1.88. The number of nitrogens with two attached hydrogens (primary N) is 2. The van der Waals surface area contributed by atoms with E-state index in [0.717, 1.165) is 23.0 Å². The van der Waals surface area contributed by atoms with Gasteiger partial charge in [-0.2, -0.15) is 0 Å². The summed E-state index contributed by atoms with van der Waals surface area (Å²) in [5.41, 5.74) is 12.7. The van der Waals surface area contributed by atoms with Crippen molar-refractivity contribution in [1.82, 2.24) is 0 Å². The molecule has 3 aromatic carbocycles. The largest absolute Gasteiger partial charge is 0.457 e. The monoisotopic (exact) mass is 308 g/mol. The highest BCUT2D eigenvalue weighted by Gasteiger charge is 2.00. The molecular weight excluding hydrogens is 288 g/mol. The maximum absolute atomic E-state index is 5.73. The Bertz CT molecular complexity index is 669. The second kappa shape index (κ2) is 7.22. The highest BCUT2D eigenvalue weighted by molar-refractivity contribution is 5.45. The lowest BCUT2D eigenvalue weighted by Gasteiger charge is -2.08. The summed E-state index contributed by atoms with van der Waals surface area (Å²) in [4.78, 5) is 0. The van der Waals surface area contributed by atoms with Crippen LogP contribution in [-0.2, 0) is 0 Å². The predicted octanol–water partition coefficient (Wildman–Crippen LogP) is 5.07. The van der Waals surface area contributed by atoms with Crippen LogP contribution in [0, 0.1) is 0 Å². The van der Waals surface area contributed by atoms with Crippen molar-refractivity contribution in [2.45, 2.75) is 7.43 Å². The second-order valence-electron chi connectivity index (χ2n) is 4.81. The van der Waals surface area contributed by atoms with Crippen molar-refractivity contribution in [3.63, 3.8) is 0 Å². The van der Waals surface area contributed by atoms with Gasteiger partial charge in [0.2, 0.25) is 0 Å². The van der Waals surface area contributed by atoms with Crippen LogP contribution in [-0.4, -0.2) is 0 Å². The minimum Gasteiger partial charge on any atom is -0.457 e. The quantitative estimate of drug-likeness (QED) is 0.660. The van der Waals surface area contributed by atoms with Gasteiger partial charge >= 0.3 is 0 Å². The first-order chi connectivity index (χ1) is 10.7.